The van der Waals surface area contributed by atoms with Crippen LogP contribution < -0.4 is 5.32 Å². The molecule has 1 amide bonds. The first-order valence-electron chi connectivity index (χ1n) is 6.46. The van der Waals surface area contributed by atoms with E-state index in [1.54, 1.807) is 21.8 Å². The summed E-state index contributed by atoms with van der Waals surface area (Å²) in [5.74, 6) is -0.280. The van der Waals surface area contributed by atoms with E-state index >= 15 is 0 Å². The van der Waals surface area contributed by atoms with Crippen LogP contribution in [0.3, 0.4) is 0 Å². The lowest BCUT2D eigenvalue weighted by Crippen LogP contribution is -2.27. The number of rotatable bonds is 4. The smallest absolute Gasteiger partial charge is 0.273 e. The Morgan fingerprint density at radius 3 is 2.75 bits per heavy atom. The molecule has 20 heavy (non-hydrogen) atoms. The van der Waals surface area contributed by atoms with Crippen LogP contribution in [0, 0.1) is 6.92 Å². The fourth-order valence-electron chi connectivity index (χ4n) is 2.00. The molecule has 0 bridgehead atoms. The summed E-state index contributed by atoms with van der Waals surface area (Å²) in [4.78, 5) is 12.2. The third-order valence-electron chi connectivity index (χ3n) is 3.34. The third-order valence-corrected chi connectivity index (χ3v) is 3.62. The van der Waals surface area contributed by atoms with Crippen LogP contribution in [0.15, 0.2) is 12.4 Å². The molecule has 2 aromatic rings. The number of aryl methyl sites for hydroxylation is 2. The Bertz CT molecular complexity index is 631. The summed E-state index contributed by atoms with van der Waals surface area (Å²) in [7, 11) is 1.87. The van der Waals surface area contributed by atoms with Crippen molar-refractivity contribution in [3.05, 3.63) is 34.4 Å². The molecule has 2 rings (SSSR count). The first-order chi connectivity index (χ1) is 9.43. The highest BCUT2D eigenvalue weighted by Crippen LogP contribution is 2.18. The number of hydrogen-bond acceptors (Lipinski definition) is 3. The summed E-state index contributed by atoms with van der Waals surface area (Å²) in [6, 6.07) is -0.154. The van der Waals surface area contributed by atoms with Crippen LogP contribution in [-0.2, 0) is 13.6 Å². The molecule has 0 aromatic carbocycles. The van der Waals surface area contributed by atoms with E-state index in [0.717, 1.165) is 11.3 Å². The van der Waals surface area contributed by atoms with Crippen molar-refractivity contribution in [3.63, 3.8) is 0 Å². The number of halogens is 1. The molecule has 7 heteroatoms. The minimum Gasteiger partial charge on any atom is -0.344 e. The van der Waals surface area contributed by atoms with E-state index in [-0.39, 0.29) is 17.6 Å². The normalized spacial score (nSPS) is 12.4. The summed E-state index contributed by atoms with van der Waals surface area (Å²) in [5.41, 5.74) is 2.25. The van der Waals surface area contributed by atoms with Crippen LogP contribution in [0.2, 0.25) is 5.02 Å². The number of hydrogen-bond donors (Lipinski definition) is 1. The van der Waals surface area contributed by atoms with Gasteiger partial charge in [0.2, 0.25) is 0 Å². The van der Waals surface area contributed by atoms with Gasteiger partial charge in [-0.1, -0.05) is 11.6 Å². The highest BCUT2D eigenvalue weighted by atomic mass is 35.5. The van der Waals surface area contributed by atoms with E-state index < -0.39 is 0 Å². The SMILES string of the molecule is CCn1cc(Cl)c(C(=O)NC(C)c2cnn(C)c2C)n1. The summed E-state index contributed by atoms with van der Waals surface area (Å²) in [5, 5.41) is 11.6. The standard InChI is InChI=1S/C13H18ClN5O/c1-5-19-7-11(14)12(17-19)13(20)16-8(2)10-6-15-18(4)9(10)3/h6-8H,5H2,1-4H3,(H,16,20). The predicted octanol–water partition coefficient (Wildman–Crippen LogP) is 2.09. The molecule has 0 aliphatic heterocycles. The van der Waals surface area contributed by atoms with Crippen molar-refractivity contribution in [3.8, 4) is 0 Å². The van der Waals surface area contributed by atoms with Gasteiger partial charge < -0.3 is 5.32 Å². The number of nitrogens with one attached hydrogen (secondary N) is 1. The van der Waals surface area contributed by atoms with Crippen LogP contribution >= 0.6 is 11.6 Å². The van der Waals surface area contributed by atoms with Crippen molar-refractivity contribution in [2.24, 2.45) is 7.05 Å². The second-order valence-corrected chi connectivity index (χ2v) is 5.09. The highest BCUT2D eigenvalue weighted by molar-refractivity contribution is 6.33. The molecular weight excluding hydrogens is 278 g/mol. The molecule has 2 aromatic heterocycles. The van der Waals surface area contributed by atoms with Crippen LogP contribution in [0.1, 0.15) is 41.6 Å². The van der Waals surface area contributed by atoms with Gasteiger partial charge in [-0.05, 0) is 20.8 Å². The average molecular weight is 296 g/mol. The molecule has 0 radical (unpaired) electrons. The monoisotopic (exact) mass is 295 g/mol. The zero-order chi connectivity index (χ0) is 14.9. The molecule has 0 aliphatic rings. The lowest BCUT2D eigenvalue weighted by molar-refractivity contribution is 0.0934. The fraction of sp³-hybridized carbons (Fsp3) is 0.462. The van der Waals surface area contributed by atoms with Crippen LogP contribution in [0.5, 0.6) is 0 Å². The number of carbonyl (C=O) groups is 1. The fourth-order valence-corrected chi connectivity index (χ4v) is 2.23. The lowest BCUT2D eigenvalue weighted by Gasteiger charge is -2.12. The maximum Gasteiger partial charge on any atom is 0.273 e. The summed E-state index contributed by atoms with van der Waals surface area (Å²) < 4.78 is 3.41. The average Bonchev–Trinajstić information content (AvgIpc) is 2.94. The number of nitrogens with zero attached hydrogens (tertiary/aromatic N) is 4. The summed E-state index contributed by atoms with van der Waals surface area (Å²) in [6.07, 6.45) is 3.41. The van der Waals surface area contributed by atoms with Crippen molar-refractivity contribution in [1.82, 2.24) is 24.9 Å². The predicted molar refractivity (Wildman–Crippen MR) is 76.7 cm³/mol. The van der Waals surface area contributed by atoms with Crippen molar-refractivity contribution in [2.75, 3.05) is 0 Å². The van der Waals surface area contributed by atoms with Crippen LogP contribution in [-0.4, -0.2) is 25.5 Å². The van der Waals surface area contributed by atoms with Gasteiger partial charge in [0.05, 0.1) is 17.3 Å². The van der Waals surface area contributed by atoms with Crippen molar-refractivity contribution < 1.29 is 4.79 Å². The van der Waals surface area contributed by atoms with Gasteiger partial charge in [0.1, 0.15) is 0 Å². The second-order valence-electron chi connectivity index (χ2n) is 4.69. The molecule has 2 heterocycles. The van der Waals surface area contributed by atoms with E-state index in [9.17, 15) is 4.79 Å². The molecule has 0 saturated carbocycles. The number of amides is 1. The Morgan fingerprint density at radius 2 is 2.25 bits per heavy atom. The van der Waals surface area contributed by atoms with E-state index in [1.807, 2.05) is 27.8 Å². The molecule has 0 fully saturated rings. The van der Waals surface area contributed by atoms with Crippen LogP contribution in [0.25, 0.3) is 0 Å². The lowest BCUT2D eigenvalue weighted by atomic mass is 10.1. The molecule has 0 spiro atoms. The molecule has 6 nitrogen and oxygen atoms in total. The largest absolute Gasteiger partial charge is 0.344 e. The van der Waals surface area contributed by atoms with E-state index in [1.165, 1.54) is 0 Å². The Balaban J connectivity index is 2.15. The molecule has 1 unspecified atom stereocenters. The number of aromatic nitrogens is 4. The topological polar surface area (TPSA) is 64.7 Å². The molecule has 1 atom stereocenters. The maximum absolute atomic E-state index is 12.2. The Kier molecular flexibility index (Phi) is 4.13. The quantitative estimate of drug-likeness (QED) is 0.939. The second kappa shape index (κ2) is 5.66. The molecule has 0 aliphatic carbocycles. The minimum absolute atomic E-state index is 0.154. The Labute approximate surface area is 122 Å². The Morgan fingerprint density at radius 1 is 1.55 bits per heavy atom. The van der Waals surface area contributed by atoms with Crippen LogP contribution in [0.4, 0.5) is 0 Å². The molecular formula is C13H18ClN5O. The van der Waals surface area contributed by atoms with Gasteiger partial charge >= 0.3 is 0 Å². The van der Waals surface area contributed by atoms with Crippen molar-refractivity contribution in [2.45, 2.75) is 33.4 Å². The summed E-state index contributed by atoms with van der Waals surface area (Å²) in [6.45, 7) is 6.48. The minimum atomic E-state index is -0.280. The van der Waals surface area contributed by atoms with Gasteiger partial charge in [-0.3, -0.25) is 14.2 Å². The summed E-state index contributed by atoms with van der Waals surface area (Å²) >= 11 is 6.02. The van der Waals surface area contributed by atoms with Gasteiger partial charge in [0.15, 0.2) is 5.69 Å². The molecule has 108 valence electrons. The Hall–Kier alpha value is -1.82. The van der Waals surface area contributed by atoms with Crippen molar-refractivity contribution in [1.29, 1.82) is 0 Å². The number of carbonyl (C=O) groups excluding carboxylic acids is 1. The van der Waals surface area contributed by atoms with Crippen molar-refractivity contribution >= 4 is 17.5 Å². The van der Waals surface area contributed by atoms with E-state index in [4.69, 9.17) is 11.6 Å². The van der Waals surface area contributed by atoms with Gasteiger partial charge in [0, 0.05) is 31.0 Å². The van der Waals surface area contributed by atoms with Gasteiger partial charge in [0.25, 0.3) is 5.91 Å². The molecule has 0 saturated heterocycles. The van der Waals surface area contributed by atoms with Gasteiger partial charge in [-0.25, -0.2) is 0 Å². The first kappa shape index (κ1) is 14.6. The maximum atomic E-state index is 12.2. The van der Waals surface area contributed by atoms with Gasteiger partial charge in [-0.2, -0.15) is 10.2 Å². The molecule has 1 N–H and O–H groups in total. The van der Waals surface area contributed by atoms with Gasteiger partial charge in [-0.15, -0.1) is 0 Å². The third kappa shape index (κ3) is 2.70. The highest BCUT2D eigenvalue weighted by Gasteiger charge is 2.19. The zero-order valence-electron chi connectivity index (χ0n) is 12.0. The van der Waals surface area contributed by atoms with E-state index in [0.29, 0.717) is 11.6 Å². The first-order valence-corrected chi connectivity index (χ1v) is 6.84. The van der Waals surface area contributed by atoms with E-state index in [2.05, 4.69) is 15.5 Å². The zero-order valence-corrected chi connectivity index (χ0v) is 12.8.